The Hall–Kier alpha value is -3.30. The number of hydrogen-bond donors (Lipinski definition) is 2. The van der Waals surface area contributed by atoms with Gasteiger partial charge < -0.3 is 4.74 Å². The molecule has 0 atom stereocenters. The van der Waals surface area contributed by atoms with E-state index in [-0.39, 0.29) is 12.1 Å². The number of nitro benzene ring substituents is 1. The molecule has 0 aliphatic rings. The third kappa shape index (κ3) is 5.59. The average molecular weight is 383 g/mol. The topological polar surface area (TPSA) is 93.5 Å². The second kappa shape index (κ2) is 8.39. The van der Waals surface area contributed by atoms with Crippen molar-refractivity contribution in [1.29, 1.82) is 0 Å². The van der Waals surface area contributed by atoms with E-state index in [1.807, 2.05) is 6.92 Å². The maximum Gasteiger partial charge on any atom is 0.416 e. The van der Waals surface area contributed by atoms with Crippen LogP contribution in [0.25, 0.3) is 0 Å². The van der Waals surface area contributed by atoms with E-state index in [1.54, 1.807) is 24.3 Å². The van der Waals surface area contributed by atoms with Crippen molar-refractivity contribution in [3.8, 4) is 5.75 Å². The molecule has 0 aliphatic carbocycles. The minimum Gasteiger partial charge on any atom is -0.494 e. The van der Waals surface area contributed by atoms with Crippen LogP contribution in [-0.4, -0.2) is 17.4 Å². The molecular formula is C17H16F3N3O4. The smallest absolute Gasteiger partial charge is 0.416 e. The summed E-state index contributed by atoms with van der Waals surface area (Å²) in [4.78, 5) is 22.0. The van der Waals surface area contributed by atoms with Gasteiger partial charge in [0.05, 0.1) is 23.5 Å². The molecule has 7 nitrogen and oxygen atoms in total. The minimum absolute atomic E-state index is 0.0339. The van der Waals surface area contributed by atoms with E-state index >= 15 is 0 Å². The Morgan fingerprint density at radius 3 is 2.41 bits per heavy atom. The molecule has 0 unspecified atom stereocenters. The first-order valence-electron chi connectivity index (χ1n) is 7.83. The van der Waals surface area contributed by atoms with Crippen LogP contribution in [0.15, 0.2) is 42.5 Å². The highest BCUT2D eigenvalue weighted by Crippen LogP contribution is 2.34. The van der Waals surface area contributed by atoms with Gasteiger partial charge in [-0.3, -0.25) is 25.8 Å². The molecule has 27 heavy (non-hydrogen) atoms. The van der Waals surface area contributed by atoms with E-state index in [2.05, 4.69) is 10.9 Å². The number of alkyl halides is 3. The zero-order chi connectivity index (χ0) is 20.0. The van der Waals surface area contributed by atoms with Gasteiger partial charge in [0.25, 0.3) is 5.69 Å². The molecule has 0 saturated heterocycles. The van der Waals surface area contributed by atoms with Crippen LogP contribution in [0.1, 0.15) is 18.1 Å². The fourth-order valence-electron chi connectivity index (χ4n) is 2.20. The minimum atomic E-state index is -4.71. The predicted molar refractivity (Wildman–Crippen MR) is 91.2 cm³/mol. The van der Waals surface area contributed by atoms with E-state index in [0.717, 1.165) is 6.07 Å². The van der Waals surface area contributed by atoms with Crippen molar-refractivity contribution in [2.75, 3.05) is 12.0 Å². The summed E-state index contributed by atoms with van der Waals surface area (Å²) in [5.41, 5.74) is 2.98. The highest BCUT2D eigenvalue weighted by molar-refractivity contribution is 5.80. The van der Waals surface area contributed by atoms with Crippen LogP contribution < -0.4 is 15.6 Å². The summed E-state index contributed by atoms with van der Waals surface area (Å²) in [5.74, 6) is 0.133. The van der Waals surface area contributed by atoms with Gasteiger partial charge in [0, 0.05) is 6.07 Å². The van der Waals surface area contributed by atoms with Crippen LogP contribution in [0.3, 0.4) is 0 Å². The lowest BCUT2D eigenvalue weighted by molar-refractivity contribution is -0.384. The molecule has 2 N–H and O–H groups in total. The third-order valence-electron chi connectivity index (χ3n) is 3.46. The van der Waals surface area contributed by atoms with Crippen LogP contribution in [0.4, 0.5) is 24.5 Å². The molecule has 10 heteroatoms. The number of amides is 1. The number of rotatable bonds is 7. The van der Waals surface area contributed by atoms with E-state index in [4.69, 9.17) is 4.74 Å². The molecule has 1 amide bonds. The molecule has 2 rings (SSSR count). The maximum atomic E-state index is 12.7. The van der Waals surface area contributed by atoms with Crippen molar-refractivity contribution in [2.45, 2.75) is 19.5 Å². The van der Waals surface area contributed by atoms with Gasteiger partial charge in [-0.1, -0.05) is 12.1 Å². The summed E-state index contributed by atoms with van der Waals surface area (Å²) < 4.78 is 43.3. The Bertz CT molecular complexity index is 823. The molecule has 0 radical (unpaired) electrons. The van der Waals surface area contributed by atoms with Crippen LogP contribution in [0.5, 0.6) is 5.75 Å². The molecule has 144 valence electrons. The Morgan fingerprint density at radius 2 is 1.85 bits per heavy atom. The second-order valence-corrected chi connectivity index (χ2v) is 5.41. The lowest BCUT2D eigenvalue weighted by Crippen LogP contribution is -2.31. The summed E-state index contributed by atoms with van der Waals surface area (Å²) in [5, 5.41) is 11.0. The fourth-order valence-corrected chi connectivity index (χ4v) is 2.20. The predicted octanol–water partition coefficient (Wildman–Crippen LogP) is 3.70. The van der Waals surface area contributed by atoms with Crippen molar-refractivity contribution < 1.29 is 27.6 Å². The van der Waals surface area contributed by atoms with Crippen molar-refractivity contribution in [2.24, 2.45) is 0 Å². The van der Waals surface area contributed by atoms with Crippen LogP contribution in [0.2, 0.25) is 0 Å². The summed E-state index contributed by atoms with van der Waals surface area (Å²) in [6.07, 6.45) is -4.74. The molecule has 2 aromatic carbocycles. The van der Waals surface area contributed by atoms with Gasteiger partial charge in [0.15, 0.2) is 0 Å². The fraction of sp³-hybridized carbons (Fsp3) is 0.235. The van der Waals surface area contributed by atoms with Crippen LogP contribution >= 0.6 is 0 Å². The number of nitrogens with one attached hydrogen (secondary N) is 2. The van der Waals surface area contributed by atoms with Crippen LogP contribution in [-0.2, 0) is 17.4 Å². The first-order valence-corrected chi connectivity index (χ1v) is 7.83. The Balaban J connectivity index is 2.02. The molecular weight excluding hydrogens is 367 g/mol. The highest BCUT2D eigenvalue weighted by atomic mass is 19.4. The lowest BCUT2D eigenvalue weighted by Gasteiger charge is -2.11. The lowest BCUT2D eigenvalue weighted by atomic mass is 10.1. The van der Waals surface area contributed by atoms with Gasteiger partial charge in [0.1, 0.15) is 11.4 Å². The Labute approximate surface area is 152 Å². The van der Waals surface area contributed by atoms with Crippen molar-refractivity contribution in [3.05, 3.63) is 63.7 Å². The molecule has 0 fully saturated rings. The first-order chi connectivity index (χ1) is 12.7. The first kappa shape index (κ1) is 20.0. The number of nitrogens with zero attached hydrogens (tertiary/aromatic N) is 1. The van der Waals surface area contributed by atoms with Gasteiger partial charge in [-0.15, -0.1) is 0 Å². The largest absolute Gasteiger partial charge is 0.494 e. The van der Waals surface area contributed by atoms with Crippen molar-refractivity contribution >= 4 is 17.3 Å². The molecule has 2 aromatic rings. The van der Waals surface area contributed by atoms with E-state index in [9.17, 15) is 28.1 Å². The molecule has 0 heterocycles. The van der Waals surface area contributed by atoms with Gasteiger partial charge in [-0.2, -0.15) is 13.2 Å². The summed E-state index contributed by atoms with van der Waals surface area (Å²) in [6.45, 7) is 2.35. The standard InChI is InChI=1S/C17H16F3N3O4/c1-2-27-13-6-3-11(4-7-13)9-16(24)22-21-14-8-5-12(17(18,19)20)10-15(14)23(25)26/h3-8,10,21H,2,9H2,1H3,(H,22,24). The average Bonchev–Trinajstić information content (AvgIpc) is 2.61. The van der Waals surface area contributed by atoms with E-state index in [1.165, 1.54) is 0 Å². The number of ether oxygens (including phenoxy) is 1. The van der Waals surface area contributed by atoms with Gasteiger partial charge in [-0.25, -0.2) is 0 Å². The van der Waals surface area contributed by atoms with Crippen molar-refractivity contribution in [1.82, 2.24) is 5.43 Å². The SMILES string of the molecule is CCOc1ccc(CC(=O)NNc2ccc(C(F)(F)F)cc2[N+](=O)[O-])cc1. The number of benzene rings is 2. The highest BCUT2D eigenvalue weighted by Gasteiger charge is 2.33. The second-order valence-electron chi connectivity index (χ2n) is 5.41. The third-order valence-corrected chi connectivity index (χ3v) is 3.46. The zero-order valence-corrected chi connectivity index (χ0v) is 14.2. The maximum absolute atomic E-state index is 12.7. The monoisotopic (exact) mass is 383 g/mol. The molecule has 0 saturated carbocycles. The summed E-state index contributed by atoms with van der Waals surface area (Å²) in [6, 6.07) is 8.74. The van der Waals surface area contributed by atoms with Gasteiger partial charge in [0.2, 0.25) is 5.91 Å². The number of carbonyl (C=O) groups excluding carboxylic acids is 1. The molecule has 0 bridgehead atoms. The summed E-state index contributed by atoms with van der Waals surface area (Å²) in [7, 11) is 0. The number of halogens is 3. The quantitative estimate of drug-likeness (QED) is 0.562. The Kier molecular flexibility index (Phi) is 6.22. The zero-order valence-electron chi connectivity index (χ0n) is 14.2. The van der Waals surface area contributed by atoms with E-state index < -0.39 is 28.3 Å². The number of anilines is 1. The summed E-state index contributed by atoms with van der Waals surface area (Å²) >= 11 is 0. The van der Waals surface area contributed by atoms with Gasteiger partial charge >= 0.3 is 6.18 Å². The molecule has 0 spiro atoms. The number of nitro groups is 1. The number of carbonyl (C=O) groups is 1. The number of hydrogen-bond acceptors (Lipinski definition) is 5. The Morgan fingerprint density at radius 1 is 1.19 bits per heavy atom. The number of hydrazine groups is 1. The normalized spacial score (nSPS) is 11.0. The van der Waals surface area contributed by atoms with E-state index in [0.29, 0.717) is 30.1 Å². The molecule has 0 aromatic heterocycles. The van der Waals surface area contributed by atoms with Gasteiger partial charge in [-0.05, 0) is 36.8 Å². The van der Waals surface area contributed by atoms with Crippen molar-refractivity contribution in [3.63, 3.8) is 0 Å². The molecule has 0 aliphatic heterocycles. The van der Waals surface area contributed by atoms with Crippen LogP contribution in [0, 0.1) is 10.1 Å².